The van der Waals surface area contributed by atoms with Crippen molar-refractivity contribution in [1.82, 2.24) is 10.2 Å². The number of carbonyl (C=O) groups excluding carboxylic acids is 2. The van der Waals surface area contributed by atoms with Gasteiger partial charge >= 0.3 is 0 Å². The molecule has 1 fully saturated rings. The Morgan fingerprint density at radius 3 is 2.29 bits per heavy atom. The molecule has 1 aliphatic rings. The maximum atomic E-state index is 13.6. The van der Waals surface area contributed by atoms with Crippen LogP contribution in [0.15, 0.2) is 59.1 Å². The fourth-order valence-corrected chi connectivity index (χ4v) is 5.87. The fraction of sp³-hybridized carbons (Fsp3) is 0.462. The highest BCUT2D eigenvalue weighted by atomic mass is 79.9. The lowest BCUT2D eigenvalue weighted by Gasteiger charge is -2.33. The quantitative estimate of drug-likeness (QED) is 0.471. The Balaban J connectivity index is 1.82. The summed E-state index contributed by atoms with van der Waals surface area (Å²) in [6.07, 6.45) is 6.88. The zero-order valence-electron chi connectivity index (χ0n) is 20.3. The van der Waals surface area contributed by atoms with E-state index in [-0.39, 0.29) is 11.9 Å². The first-order valence-electron chi connectivity index (χ1n) is 12.0. The molecular formula is C26H34BrN3O4S. The lowest BCUT2D eigenvalue weighted by Crippen LogP contribution is -2.53. The van der Waals surface area contributed by atoms with Crippen LogP contribution in [0.2, 0.25) is 0 Å². The standard InChI is InChI=1S/C26H34BrN3O4S/c1-20(26(32)28-22-13-7-4-8-14-22)29(18-17-21-11-5-3-6-12-21)25(31)19-30(35(2,33)34)24-16-10-9-15-23(24)27/h3,5-6,9-12,15-16,20,22H,4,7-8,13-14,17-19H2,1-2H3,(H,28,32)/t20-/m0/s1. The van der Waals surface area contributed by atoms with Crippen molar-refractivity contribution in [3.8, 4) is 0 Å². The average molecular weight is 565 g/mol. The van der Waals surface area contributed by atoms with Crippen LogP contribution < -0.4 is 9.62 Å². The van der Waals surface area contributed by atoms with Crippen molar-refractivity contribution in [2.75, 3.05) is 23.7 Å². The van der Waals surface area contributed by atoms with Crippen molar-refractivity contribution in [3.63, 3.8) is 0 Å². The summed E-state index contributed by atoms with van der Waals surface area (Å²) >= 11 is 3.39. The van der Waals surface area contributed by atoms with E-state index in [2.05, 4.69) is 21.2 Å². The van der Waals surface area contributed by atoms with E-state index in [1.807, 2.05) is 30.3 Å². The molecule has 0 aromatic heterocycles. The van der Waals surface area contributed by atoms with E-state index in [0.29, 0.717) is 23.1 Å². The van der Waals surface area contributed by atoms with Gasteiger partial charge in [0, 0.05) is 17.1 Å². The van der Waals surface area contributed by atoms with E-state index in [9.17, 15) is 18.0 Å². The van der Waals surface area contributed by atoms with Crippen LogP contribution in [0.1, 0.15) is 44.6 Å². The van der Waals surface area contributed by atoms with Gasteiger partial charge in [-0.3, -0.25) is 13.9 Å². The molecule has 1 aliphatic carbocycles. The lowest BCUT2D eigenvalue weighted by molar-refractivity contribution is -0.139. The first kappa shape index (κ1) is 27.2. The van der Waals surface area contributed by atoms with Gasteiger partial charge in [-0.05, 0) is 59.8 Å². The second-order valence-electron chi connectivity index (χ2n) is 9.06. The van der Waals surface area contributed by atoms with Crippen LogP contribution >= 0.6 is 15.9 Å². The molecule has 0 unspecified atom stereocenters. The van der Waals surface area contributed by atoms with E-state index >= 15 is 0 Å². The Labute approximate surface area is 217 Å². The monoisotopic (exact) mass is 563 g/mol. The van der Waals surface area contributed by atoms with Crippen LogP contribution in [0.4, 0.5) is 5.69 Å². The second-order valence-corrected chi connectivity index (χ2v) is 11.8. The molecule has 2 amide bonds. The van der Waals surface area contributed by atoms with Gasteiger partial charge in [0.05, 0.1) is 11.9 Å². The molecule has 0 aliphatic heterocycles. The average Bonchev–Trinajstić information content (AvgIpc) is 2.83. The molecule has 1 saturated carbocycles. The molecule has 0 saturated heterocycles. The third kappa shape index (κ3) is 7.80. The van der Waals surface area contributed by atoms with E-state index in [1.54, 1.807) is 31.2 Å². The topological polar surface area (TPSA) is 86.8 Å². The van der Waals surface area contributed by atoms with Crippen molar-refractivity contribution >= 4 is 43.5 Å². The van der Waals surface area contributed by atoms with Gasteiger partial charge in [0.15, 0.2) is 0 Å². The highest BCUT2D eigenvalue weighted by Gasteiger charge is 2.31. The van der Waals surface area contributed by atoms with Crippen LogP contribution in [-0.2, 0) is 26.0 Å². The summed E-state index contributed by atoms with van der Waals surface area (Å²) in [4.78, 5) is 28.2. The number of nitrogens with zero attached hydrogens (tertiary/aromatic N) is 2. The van der Waals surface area contributed by atoms with E-state index in [1.165, 1.54) is 11.3 Å². The highest BCUT2D eigenvalue weighted by molar-refractivity contribution is 9.10. The first-order chi connectivity index (χ1) is 16.7. The minimum absolute atomic E-state index is 0.123. The van der Waals surface area contributed by atoms with Crippen molar-refractivity contribution in [1.29, 1.82) is 0 Å². The van der Waals surface area contributed by atoms with Crippen molar-refractivity contribution in [3.05, 3.63) is 64.6 Å². The molecule has 35 heavy (non-hydrogen) atoms. The van der Waals surface area contributed by atoms with Gasteiger partial charge in [-0.2, -0.15) is 0 Å². The number of carbonyl (C=O) groups is 2. The smallest absolute Gasteiger partial charge is 0.244 e. The fourth-order valence-electron chi connectivity index (χ4n) is 4.39. The molecule has 9 heteroatoms. The zero-order chi connectivity index (χ0) is 25.4. The molecule has 3 rings (SSSR count). The van der Waals surface area contributed by atoms with Crippen molar-refractivity contribution in [2.24, 2.45) is 0 Å². The van der Waals surface area contributed by atoms with Gasteiger partial charge in [-0.15, -0.1) is 0 Å². The summed E-state index contributed by atoms with van der Waals surface area (Å²) in [6.45, 7) is 1.62. The number of halogens is 1. The number of hydrogen-bond acceptors (Lipinski definition) is 4. The highest BCUT2D eigenvalue weighted by Crippen LogP contribution is 2.28. The molecule has 2 aromatic rings. The predicted octanol–water partition coefficient (Wildman–Crippen LogP) is 4.12. The largest absolute Gasteiger partial charge is 0.352 e. The number of rotatable bonds is 10. The Morgan fingerprint density at radius 1 is 1.03 bits per heavy atom. The maximum Gasteiger partial charge on any atom is 0.244 e. The summed E-state index contributed by atoms with van der Waals surface area (Å²) in [5, 5.41) is 3.10. The summed E-state index contributed by atoms with van der Waals surface area (Å²) in [5.41, 5.74) is 1.42. The molecule has 190 valence electrons. The number of para-hydroxylation sites is 1. The van der Waals surface area contributed by atoms with Crippen LogP contribution in [0, 0.1) is 0 Å². The van der Waals surface area contributed by atoms with Crippen LogP contribution in [0.25, 0.3) is 0 Å². The normalized spacial score (nSPS) is 15.3. The third-order valence-corrected chi connectivity index (χ3v) is 8.20. The number of nitrogens with one attached hydrogen (secondary N) is 1. The van der Waals surface area contributed by atoms with Crippen LogP contribution in [-0.4, -0.2) is 56.6 Å². The molecule has 1 atom stereocenters. The SMILES string of the molecule is C[C@@H](C(=O)NC1CCCCC1)N(CCc1ccccc1)C(=O)CN(c1ccccc1Br)S(C)(=O)=O. The lowest BCUT2D eigenvalue weighted by atomic mass is 9.95. The summed E-state index contributed by atoms with van der Waals surface area (Å²) < 4.78 is 26.9. The van der Waals surface area contributed by atoms with Crippen molar-refractivity contribution in [2.45, 2.75) is 57.5 Å². The third-order valence-electron chi connectivity index (χ3n) is 6.40. The molecule has 2 aromatic carbocycles. The second kappa shape index (κ2) is 12.5. The van der Waals surface area contributed by atoms with E-state index in [4.69, 9.17) is 0 Å². The predicted molar refractivity (Wildman–Crippen MR) is 143 cm³/mol. The van der Waals surface area contributed by atoms with Crippen LogP contribution in [0.3, 0.4) is 0 Å². The number of anilines is 1. The minimum atomic E-state index is -3.75. The molecular weight excluding hydrogens is 530 g/mol. The molecule has 7 nitrogen and oxygen atoms in total. The van der Waals surface area contributed by atoms with Gasteiger partial charge in [-0.1, -0.05) is 61.7 Å². The van der Waals surface area contributed by atoms with Gasteiger partial charge in [-0.25, -0.2) is 8.42 Å². The summed E-state index contributed by atoms with van der Waals surface area (Å²) in [5.74, 6) is -0.626. The van der Waals surface area contributed by atoms with Gasteiger partial charge < -0.3 is 10.2 Å². The molecule has 1 N–H and O–H groups in total. The summed E-state index contributed by atoms with van der Waals surface area (Å²) in [7, 11) is -3.75. The molecule has 0 bridgehead atoms. The molecule has 0 spiro atoms. The molecule has 0 heterocycles. The van der Waals surface area contributed by atoms with Crippen LogP contribution in [0.5, 0.6) is 0 Å². The van der Waals surface area contributed by atoms with Gasteiger partial charge in [0.1, 0.15) is 12.6 Å². The van der Waals surface area contributed by atoms with Gasteiger partial charge in [0.2, 0.25) is 21.8 Å². The summed E-state index contributed by atoms with van der Waals surface area (Å²) in [6, 6.07) is 16.0. The zero-order valence-corrected chi connectivity index (χ0v) is 22.7. The Morgan fingerprint density at radius 2 is 1.66 bits per heavy atom. The number of benzene rings is 2. The first-order valence-corrected chi connectivity index (χ1v) is 14.7. The minimum Gasteiger partial charge on any atom is -0.352 e. The Kier molecular flexibility index (Phi) is 9.74. The van der Waals surface area contributed by atoms with E-state index in [0.717, 1.165) is 41.8 Å². The Hall–Kier alpha value is -2.39. The number of sulfonamides is 1. The van der Waals surface area contributed by atoms with E-state index < -0.39 is 28.5 Å². The molecule has 0 radical (unpaired) electrons. The number of amides is 2. The van der Waals surface area contributed by atoms with Gasteiger partial charge in [0.25, 0.3) is 0 Å². The van der Waals surface area contributed by atoms with Crippen molar-refractivity contribution < 1.29 is 18.0 Å². The Bertz CT molecular complexity index is 1100. The maximum absolute atomic E-state index is 13.6. The number of hydrogen-bond donors (Lipinski definition) is 1.